The Kier molecular flexibility index (Phi) is 4.65. The predicted molar refractivity (Wildman–Crippen MR) is 91.0 cm³/mol. The Morgan fingerprint density at radius 1 is 1.12 bits per heavy atom. The molecule has 0 aliphatic rings. The molecule has 0 unspecified atom stereocenters. The highest BCUT2D eigenvalue weighted by molar-refractivity contribution is 5.76. The van der Waals surface area contributed by atoms with Crippen LogP contribution in [0.1, 0.15) is 24.1 Å². The number of aryl methyl sites for hydroxylation is 1. The molecule has 0 aliphatic carbocycles. The number of amides is 1. The van der Waals surface area contributed by atoms with Crippen LogP contribution in [0.3, 0.4) is 0 Å². The van der Waals surface area contributed by atoms with Crippen LogP contribution >= 0.6 is 0 Å². The maximum Gasteiger partial charge on any atom is 0.244 e. The van der Waals surface area contributed by atoms with Crippen molar-refractivity contribution in [3.8, 4) is 11.4 Å². The lowest BCUT2D eigenvalue weighted by Crippen LogP contribution is -2.30. The molecular weight excluding hydrogens is 302 g/mol. The number of rotatable bonds is 5. The molecule has 2 aromatic carbocycles. The fourth-order valence-electron chi connectivity index (χ4n) is 2.48. The molecule has 24 heavy (non-hydrogen) atoms. The van der Waals surface area contributed by atoms with E-state index in [4.69, 9.17) is 0 Å². The molecule has 1 aromatic heterocycles. The lowest BCUT2D eigenvalue weighted by Gasteiger charge is -2.13. The molecule has 3 rings (SSSR count). The zero-order valence-electron chi connectivity index (χ0n) is 13.7. The van der Waals surface area contributed by atoms with Crippen molar-refractivity contribution >= 4 is 5.91 Å². The zero-order chi connectivity index (χ0) is 16.9. The van der Waals surface area contributed by atoms with Crippen LogP contribution in [0.2, 0.25) is 0 Å². The summed E-state index contributed by atoms with van der Waals surface area (Å²) in [5.74, 6) is 0.372. The van der Waals surface area contributed by atoms with Crippen molar-refractivity contribution < 1.29 is 4.79 Å². The fourth-order valence-corrected chi connectivity index (χ4v) is 2.48. The zero-order valence-corrected chi connectivity index (χ0v) is 13.7. The Morgan fingerprint density at radius 3 is 2.58 bits per heavy atom. The van der Waals surface area contributed by atoms with E-state index >= 15 is 0 Å². The molecule has 0 spiro atoms. The van der Waals surface area contributed by atoms with Crippen molar-refractivity contribution in [2.75, 3.05) is 0 Å². The molecule has 1 heterocycles. The van der Waals surface area contributed by atoms with Gasteiger partial charge in [0.05, 0.1) is 6.04 Å². The van der Waals surface area contributed by atoms with Gasteiger partial charge in [-0.3, -0.25) is 4.79 Å². The van der Waals surface area contributed by atoms with E-state index in [2.05, 4.69) is 20.7 Å². The Balaban J connectivity index is 1.65. The smallest absolute Gasteiger partial charge is 0.244 e. The summed E-state index contributed by atoms with van der Waals surface area (Å²) in [5, 5.41) is 15.2. The third-order valence-electron chi connectivity index (χ3n) is 3.80. The normalized spacial score (nSPS) is 11.9. The SMILES string of the molecule is Cc1ccccc1-c1nnn(CC(=O)N[C@H](C)c2ccccc2)n1. The average molecular weight is 321 g/mol. The van der Waals surface area contributed by atoms with Gasteiger partial charge in [-0.1, -0.05) is 54.6 Å². The molecular formula is C18H19N5O. The molecule has 0 bridgehead atoms. The minimum absolute atomic E-state index is 0.0378. The third kappa shape index (κ3) is 3.65. The summed E-state index contributed by atoms with van der Waals surface area (Å²) in [6.45, 7) is 3.97. The third-order valence-corrected chi connectivity index (χ3v) is 3.80. The summed E-state index contributed by atoms with van der Waals surface area (Å²) in [7, 11) is 0. The fraction of sp³-hybridized carbons (Fsp3) is 0.222. The Morgan fingerprint density at radius 2 is 1.83 bits per heavy atom. The molecule has 0 saturated heterocycles. The van der Waals surface area contributed by atoms with Crippen LogP contribution in [0.25, 0.3) is 11.4 Å². The molecule has 0 fully saturated rings. The summed E-state index contributed by atoms with van der Waals surface area (Å²) in [6.07, 6.45) is 0. The standard InChI is InChI=1S/C18H19N5O/c1-13-8-6-7-11-16(13)18-20-22-23(21-18)12-17(24)19-14(2)15-9-4-3-5-10-15/h3-11,14H,12H2,1-2H3,(H,19,24)/t14-/m1/s1. The van der Waals surface area contributed by atoms with Crippen molar-refractivity contribution in [3.63, 3.8) is 0 Å². The van der Waals surface area contributed by atoms with E-state index in [9.17, 15) is 4.79 Å². The van der Waals surface area contributed by atoms with Gasteiger partial charge in [-0.05, 0) is 30.2 Å². The molecule has 1 atom stereocenters. The van der Waals surface area contributed by atoms with Gasteiger partial charge >= 0.3 is 0 Å². The van der Waals surface area contributed by atoms with Gasteiger partial charge in [0.1, 0.15) is 6.54 Å². The highest BCUT2D eigenvalue weighted by atomic mass is 16.2. The minimum atomic E-state index is -0.153. The number of hydrogen-bond donors (Lipinski definition) is 1. The van der Waals surface area contributed by atoms with E-state index in [1.807, 2.05) is 68.4 Å². The number of nitrogens with zero attached hydrogens (tertiary/aromatic N) is 4. The quantitative estimate of drug-likeness (QED) is 0.784. The van der Waals surface area contributed by atoms with Crippen molar-refractivity contribution in [2.45, 2.75) is 26.4 Å². The van der Waals surface area contributed by atoms with E-state index < -0.39 is 0 Å². The maximum atomic E-state index is 12.2. The van der Waals surface area contributed by atoms with Gasteiger partial charge in [0.2, 0.25) is 11.7 Å². The van der Waals surface area contributed by atoms with Gasteiger partial charge in [0.15, 0.2) is 0 Å². The first-order chi connectivity index (χ1) is 11.6. The molecule has 1 N–H and O–H groups in total. The lowest BCUT2D eigenvalue weighted by atomic mass is 10.1. The van der Waals surface area contributed by atoms with Crippen LogP contribution < -0.4 is 5.32 Å². The topological polar surface area (TPSA) is 72.7 Å². The monoisotopic (exact) mass is 321 g/mol. The Hall–Kier alpha value is -3.02. The van der Waals surface area contributed by atoms with Crippen molar-refractivity contribution in [1.82, 2.24) is 25.5 Å². The molecule has 6 heteroatoms. The van der Waals surface area contributed by atoms with E-state index in [0.29, 0.717) is 5.82 Å². The lowest BCUT2D eigenvalue weighted by molar-refractivity contribution is -0.122. The first kappa shape index (κ1) is 15.9. The van der Waals surface area contributed by atoms with E-state index in [-0.39, 0.29) is 18.5 Å². The van der Waals surface area contributed by atoms with Crippen molar-refractivity contribution in [1.29, 1.82) is 0 Å². The molecule has 6 nitrogen and oxygen atoms in total. The van der Waals surface area contributed by atoms with Gasteiger partial charge < -0.3 is 5.32 Å². The summed E-state index contributed by atoms with van der Waals surface area (Å²) in [6, 6.07) is 17.6. The number of carbonyl (C=O) groups is 1. The van der Waals surface area contributed by atoms with E-state index in [0.717, 1.165) is 16.7 Å². The minimum Gasteiger partial charge on any atom is -0.348 e. The van der Waals surface area contributed by atoms with Crippen LogP contribution in [0, 0.1) is 6.92 Å². The van der Waals surface area contributed by atoms with Crippen LogP contribution in [0.4, 0.5) is 0 Å². The van der Waals surface area contributed by atoms with Gasteiger partial charge in [-0.15, -0.1) is 10.2 Å². The number of aromatic nitrogens is 4. The van der Waals surface area contributed by atoms with Crippen LogP contribution in [0.5, 0.6) is 0 Å². The van der Waals surface area contributed by atoms with Crippen LogP contribution in [0.15, 0.2) is 54.6 Å². The molecule has 0 radical (unpaired) electrons. The maximum absolute atomic E-state index is 12.2. The van der Waals surface area contributed by atoms with Gasteiger partial charge in [-0.25, -0.2) is 0 Å². The largest absolute Gasteiger partial charge is 0.348 e. The Labute approximate surface area is 140 Å². The van der Waals surface area contributed by atoms with Gasteiger partial charge in [-0.2, -0.15) is 4.80 Å². The molecule has 122 valence electrons. The second kappa shape index (κ2) is 7.04. The highest BCUT2D eigenvalue weighted by Crippen LogP contribution is 2.17. The first-order valence-electron chi connectivity index (χ1n) is 7.81. The summed E-state index contributed by atoms with van der Waals surface area (Å²) in [4.78, 5) is 13.5. The van der Waals surface area contributed by atoms with Crippen molar-refractivity contribution in [2.24, 2.45) is 0 Å². The number of carbonyl (C=O) groups excluding carboxylic acids is 1. The number of benzene rings is 2. The predicted octanol–water partition coefficient (Wildman–Crippen LogP) is 2.53. The molecule has 0 saturated carbocycles. The highest BCUT2D eigenvalue weighted by Gasteiger charge is 2.13. The van der Waals surface area contributed by atoms with Crippen molar-refractivity contribution in [3.05, 3.63) is 65.7 Å². The number of tetrazole rings is 1. The molecule has 3 aromatic rings. The summed E-state index contributed by atoms with van der Waals surface area (Å²) >= 11 is 0. The average Bonchev–Trinajstić information content (AvgIpc) is 3.04. The number of nitrogens with one attached hydrogen (secondary N) is 1. The molecule has 1 amide bonds. The molecule has 0 aliphatic heterocycles. The van der Waals surface area contributed by atoms with Gasteiger partial charge in [0.25, 0.3) is 0 Å². The summed E-state index contributed by atoms with van der Waals surface area (Å²) < 4.78 is 0. The van der Waals surface area contributed by atoms with E-state index in [1.54, 1.807) is 0 Å². The number of hydrogen-bond acceptors (Lipinski definition) is 4. The second-order valence-corrected chi connectivity index (χ2v) is 5.66. The first-order valence-corrected chi connectivity index (χ1v) is 7.81. The second-order valence-electron chi connectivity index (χ2n) is 5.66. The van der Waals surface area contributed by atoms with E-state index in [1.165, 1.54) is 4.80 Å². The Bertz CT molecular complexity index is 828. The summed E-state index contributed by atoms with van der Waals surface area (Å²) in [5.41, 5.74) is 3.04. The van der Waals surface area contributed by atoms with Crippen LogP contribution in [-0.4, -0.2) is 26.1 Å². The van der Waals surface area contributed by atoms with Gasteiger partial charge in [0, 0.05) is 5.56 Å². The van der Waals surface area contributed by atoms with Crippen LogP contribution in [-0.2, 0) is 11.3 Å².